The van der Waals surface area contributed by atoms with E-state index in [2.05, 4.69) is 55.4 Å². The first-order valence-corrected chi connectivity index (χ1v) is 6.09. The van der Waals surface area contributed by atoms with Crippen molar-refractivity contribution < 1.29 is 4.74 Å². The Morgan fingerprint density at radius 1 is 1.29 bits per heavy atom. The fourth-order valence-corrected chi connectivity index (χ4v) is 1.92. The van der Waals surface area contributed by atoms with Crippen LogP contribution in [0.15, 0.2) is 24.3 Å². The van der Waals surface area contributed by atoms with Crippen molar-refractivity contribution in [3.8, 4) is 0 Å². The van der Waals surface area contributed by atoms with Gasteiger partial charge in [-0.3, -0.25) is 0 Å². The minimum absolute atomic E-state index is 0.350. The van der Waals surface area contributed by atoms with E-state index >= 15 is 0 Å². The highest BCUT2D eigenvalue weighted by Crippen LogP contribution is 2.26. The van der Waals surface area contributed by atoms with Crippen LogP contribution in [0.1, 0.15) is 25.5 Å². The molecule has 0 heterocycles. The Morgan fingerprint density at radius 2 is 1.94 bits per heavy atom. The van der Waals surface area contributed by atoms with E-state index in [0.29, 0.717) is 12.1 Å². The monoisotopic (exact) mass is 236 g/mol. The van der Waals surface area contributed by atoms with Crippen LogP contribution < -0.4 is 10.2 Å². The summed E-state index contributed by atoms with van der Waals surface area (Å²) >= 11 is 0. The molecule has 0 aliphatic carbocycles. The predicted octanol–water partition coefficient (Wildman–Crippen LogP) is 2.44. The van der Waals surface area contributed by atoms with Gasteiger partial charge in [0.2, 0.25) is 0 Å². The molecule has 2 unspecified atom stereocenters. The third kappa shape index (κ3) is 3.45. The zero-order valence-electron chi connectivity index (χ0n) is 11.5. The molecule has 3 heteroatoms. The maximum atomic E-state index is 5.22. The van der Waals surface area contributed by atoms with Crippen LogP contribution in [0.3, 0.4) is 0 Å². The van der Waals surface area contributed by atoms with Crippen molar-refractivity contribution in [3.63, 3.8) is 0 Å². The third-order valence-electron chi connectivity index (χ3n) is 3.29. The van der Waals surface area contributed by atoms with Crippen LogP contribution in [-0.4, -0.2) is 33.9 Å². The zero-order chi connectivity index (χ0) is 12.8. The number of nitrogens with one attached hydrogen (secondary N) is 1. The summed E-state index contributed by atoms with van der Waals surface area (Å²) in [6.07, 6.45) is 0. The second kappa shape index (κ2) is 6.62. The van der Waals surface area contributed by atoms with Crippen molar-refractivity contribution in [3.05, 3.63) is 29.8 Å². The predicted molar refractivity (Wildman–Crippen MR) is 73.7 cm³/mol. The van der Waals surface area contributed by atoms with Crippen molar-refractivity contribution in [1.29, 1.82) is 0 Å². The van der Waals surface area contributed by atoms with Crippen LogP contribution in [0.5, 0.6) is 0 Å². The van der Waals surface area contributed by atoms with Crippen molar-refractivity contribution in [2.75, 3.05) is 32.7 Å². The van der Waals surface area contributed by atoms with Gasteiger partial charge in [-0.15, -0.1) is 0 Å². The van der Waals surface area contributed by atoms with Gasteiger partial charge in [0, 0.05) is 31.9 Å². The lowest BCUT2D eigenvalue weighted by Crippen LogP contribution is -2.33. The first-order valence-electron chi connectivity index (χ1n) is 6.09. The van der Waals surface area contributed by atoms with Crippen molar-refractivity contribution >= 4 is 5.69 Å². The smallest absolute Gasteiger partial charge is 0.0663 e. The highest BCUT2D eigenvalue weighted by atomic mass is 16.5. The average Bonchev–Trinajstić information content (AvgIpc) is 2.37. The molecular weight excluding hydrogens is 212 g/mol. The number of anilines is 1. The molecule has 0 fully saturated rings. The summed E-state index contributed by atoms with van der Waals surface area (Å²) < 4.78 is 5.22. The van der Waals surface area contributed by atoms with Crippen LogP contribution in [0.4, 0.5) is 5.69 Å². The largest absolute Gasteiger partial charge is 0.383 e. The highest BCUT2D eigenvalue weighted by molar-refractivity contribution is 5.55. The zero-order valence-corrected chi connectivity index (χ0v) is 11.5. The Morgan fingerprint density at radius 3 is 2.53 bits per heavy atom. The number of likely N-dealkylation sites (N-methyl/N-ethyl adjacent to an activating group) is 1. The number of methoxy groups -OCH3 is 1. The topological polar surface area (TPSA) is 24.5 Å². The quantitative estimate of drug-likeness (QED) is 0.821. The van der Waals surface area contributed by atoms with Crippen LogP contribution in [-0.2, 0) is 4.74 Å². The number of para-hydroxylation sites is 1. The van der Waals surface area contributed by atoms with Crippen LogP contribution in [0, 0.1) is 0 Å². The van der Waals surface area contributed by atoms with Crippen molar-refractivity contribution in [2.45, 2.75) is 25.9 Å². The molecule has 1 rings (SSSR count). The summed E-state index contributed by atoms with van der Waals surface area (Å²) in [6.45, 7) is 5.08. The van der Waals surface area contributed by atoms with Crippen molar-refractivity contribution in [1.82, 2.24) is 5.32 Å². The molecule has 3 nitrogen and oxygen atoms in total. The van der Waals surface area contributed by atoms with E-state index in [1.165, 1.54) is 11.3 Å². The molecule has 96 valence electrons. The van der Waals surface area contributed by atoms with Gasteiger partial charge in [-0.25, -0.2) is 0 Å². The van der Waals surface area contributed by atoms with E-state index in [1.54, 1.807) is 7.11 Å². The molecule has 0 aliphatic rings. The summed E-state index contributed by atoms with van der Waals surface area (Å²) in [4.78, 5) is 2.27. The number of ether oxygens (including phenoxy) is 1. The molecule has 0 aromatic heterocycles. The van der Waals surface area contributed by atoms with E-state index in [0.717, 1.165) is 6.61 Å². The summed E-state index contributed by atoms with van der Waals surface area (Å²) in [5, 5.41) is 3.29. The molecule has 17 heavy (non-hydrogen) atoms. The minimum Gasteiger partial charge on any atom is -0.383 e. The lowest BCUT2D eigenvalue weighted by Gasteiger charge is -2.30. The van der Waals surface area contributed by atoms with Gasteiger partial charge in [-0.05, 0) is 32.5 Å². The van der Waals surface area contributed by atoms with Gasteiger partial charge in [0.25, 0.3) is 0 Å². The first-order chi connectivity index (χ1) is 8.11. The molecule has 0 spiro atoms. The van der Waals surface area contributed by atoms with Gasteiger partial charge in [0.1, 0.15) is 0 Å². The van der Waals surface area contributed by atoms with Gasteiger partial charge in [-0.1, -0.05) is 18.2 Å². The Balaban J connectivity index is 2.96. The molecule has 2 atom stereocenters. The van der Waals surface area contributed by atoms with Gasteiger partial charge in [0.05, 0.1) is 6.61 Å². The SMILES string of the molecule is CNC(C)c1ccccc1N(C)C(C)COC. The molecule has 1 aromatic carbocycles. The molecule has 0 amide bonds. The number of benzene rings is 1. The minimum atomic E-state index is 0.350. The molecular formula is C14H24N2O. The number of hydrogen-bond acceptors (Lipinski definition) is 3. The van der Waals surface area contributed by atoms with E-state index in [-0.39, 0.29) is 0 Å². The third-order valence-corrected chi connectivity index (χ3v) is 3.29. The molecule has 1 N–H and O–H groups in total. The normalized spacial score (nSPS) is 14.4. The van der Waals surface area contributed by atoms with Gasteiger partial charge in [-0.2, -0.15) is 0 Å². The average molecular weight is 236 g/mol. The van der Waals surface area contributed by atoms with Crippen LogP contribution >= 0.6 is 0 Å². The maximum Gasteiger partial charge on any atom is 0.0663 e. The van der Waals surface area contributed by atoms with Gasteiger partial charge < -0.3 is 15.0 Å². The van der Waals surface area contributed by atoms with Gasteiger partial charge >= 0.3 is 0 Å². The molecule has 0 aliphatic heterocycles. The van der Waals surface area contributed by atoms with Crippen LogP contribution in [0.2, 0.25) is 0 Å². The fraction of sp³-hybridized carbons (Fsp3) is 0.571. The summed E-state index contributed by atoms with van der Waals surface area (Å²) in [7, 11) is 5.84. The second-order valence-corrected chi connectivity index (χ2v) is 4.48. The van der Waals surface area contributed by atoms with Crippen molar-refractivity contribution in [2.24, 2.45) is 0 Å². The first kappa shape index (κ1) is 14.0. The fourth-order valence-electron chi connectivity index (χ4n) is 1.92. The van der Waals surface area contributed by atoms with E-state index < -0.39 is 0 Å². The molecule has 0 radical (unpaired) electrons. The summed E-state index contributed by atoms with van der Waals surface area (Å²) in [5.74, 6) is 0. The van der Waals surface area contributed by atoms with E-state index in [4.69, 9.17) is 4.74 Å². The maximum absolute atomic E-state index is 5.22. The van der Waals surface area contributed by atoms with E-state index in [9.17, 15) is 0 Å². The van der Waals surface area contributed by atoms with E-state index in [1.807, 2.05) is 7.05 Å². The molecule has 0 saturated heterocycles. The Bertz CT molecular complexity index is 341. The number of rotatable bonds is 6. The Labute approximate surface area is 105 Å². The van der Waals surface area contributed by atoms with Gasteiger partial charge in [0.15, 0.2) is 0 Å². The highest BCUT2D eigenvalue weighted by Gasteiger charge is 2.15. The number of nitrogens with zero attached hydrogens (tertiary/aromatic N) is 1. The summed E-state index contributed by atoms with van der Waals surface area (Å²) in [6, 6.07) is 9.22. The lowest BCUT2D eigenvalue weighted by atomic mass is 10.0. The Hall–Kier alpha value is -1.06. The molecule has 1 aromatic rings. The molecule has 0 bridgehead atoms. The standard InChI is InChI=1S/C14H24N2O/c1-11(10-17-5)16(4)14-9-7-6-8-13(14)12(2)15-3/h6-9,11-12,15H,10H2,1-5H3. The lowest BCUT2D eigenvalue weighted by molar-refractivity contribution is 0.183. The molecule has 0 saturated carbocycles. The Kier molecular flexibility index (Phi) is 5.45. The van der Waals surface area contributed by atoms with Crippen LogP contribution in [0.25, 0.3) is 0 Å². The summed E-state index contributed by atoms with van der Waals surface area (Å²) in [5.41, 5.74) is 2.58. The second-order valence-electron chi connectivity index (χ2n) is 4.48. The number of hydrogen-bond donors (Lipinski definition) is 1.